The molecule has 1 spiro atoms. The minimum Gasteiger partial charge on any atom is -0.462 e. The molecule has 7 nitrogen and oxygen atoms in total. The summed E-state index contributed by atoms with van der Waals surface area (Å²) in [7, 11) is 0. The Morgan fingerprint density at radius 3 is 2.60 bits per heavy atom. The van der Waals surface area contributed by atoms with Crippen molar-refractivity contribution in [2.75, 3.05) is 24.6 Å². The van der Waals surface area contributed by atoms with Gasteiger partial charge in [0.2, 0.25) is 0 Å². The maximum atomic E-state index is 6.25. The monoisotopic (exact) mass is 399 g/mol. The van der Waals surface area contributed by atoms with E-state index in [9.17, 15) is 0 Å². The van der Waals surface area contributed by atoms with Gasteiger partial charge in [0, 0.05) is 42.2 Å². The highest BCUT2D eigenvalue weighted by atomic mass is 16.5. The van der Waals surface area contributed by atoms with E-state index in [2.05, 4.69) is 27.0 Å². The molecule has 1 saturated heterocycles. The summed E-state index contributed by atoms with van der Waals surface area (Å²) < 4.78 is 11.9. The van der Waals surface area contributed by atoms with Gasteiger partial charge in [0.1, 0.15) is 18.2 Å². The van der Waals surface area contributed by atoms with Gasteiger partial charge in [-0.1, -0.05) is 12.1 Å². The standard InChI is InChI=1S/C23H21N5O2/c24-22-27-23(14-29-22)17-10-15(16-4-3-7-25-12-16)5-6-19(17)30-20-13-26-21(11-18(20)23)28-8-1-2-9-28/h3-7,10-13H,1-2,8-9,14H2,(H2,24,27)/t23-/m0/s1. The summed E-state index contributed by atoms with van der Waals surface area (Å²) >= 11 is 0. The van der Waals surface area contributed by atoms with Crippen molar-refractivity contribution in [1.29, 1.82) is 0 Å². The maximum absolute atomic E-state index is 6.25. The Kier molecular flexibility index (Phi) is 3.71. The van der Waals surface area contributed by atoms with Crippen LogP contribution in [-0.4, -0.2) is 35.7 Å². The van der Waals surface area contributed by atoms with E-state index >= 15 is 0 Å². The van der Waals surface area contributed by atoms with Crippen LogP contribution < -0.4 is 15.4 Å². The maximum Gasteiger partial charge on any atom is 0.283 e. The topological polar surface area (TPSA) is 85.9 Å². The Balaban J connectivity index is 1.53. The van der Waals surface area contributed by atoms with E-state index in [1.807, 2.05) is 30.5 Å². The zero-order valence-corrected chi connectivity index (χ0v) is 16.4. The van der Waals surface area contributed by atoms with Crippen LogP contribution in [0.15, 0.2) is 60.0 Å². The average molecular weight is 399 g/mol. The van der Waals surface area contributed by atoms with Crippen LogP contribution in [-0.2, 0) is 10.3 Å². The SMILES string of the molecule is NC1=N[C@@]2(CO1)c1cc(-c3cccnc3)ccc1Oc1cnc(N3CCCC3)cc12. The number of ether oxygens (including phenoxy) is 2. The highest BCUT2D eigenvalue weighted by Gasteiger charge is 2.47. The molecule has 0 saturated carbocycles. The second kappa shape index (κ2) is 6.45. The van der Waals surface area contributed by atoms with Crippen LogP contribution in [0.3, 0.4) is 0 Å². The fourth-order valence-electron chi connectivity index (χ4n) is 4.58. The number of nitrogens with zero attached hydrogens (tertiary/aromatic N) is 4. The van der Waals surface area contributed by atoms with Crippen LogP contribution in [0.5, 0.6) is 11.5 Å². The van der Waals surface area contributed by atoms with Crippen LogP contribution >= 0.6 is 0 Å². The zero-order valence-electron chi connectivity index (χ0n) is 16.4. The van der Waals surface area contributed by atoms with Crippen LogP contribution in [0, 0.1) is 0 Å². The molecule has 1 atom stereocenters. The number of benzene rings is 1. The van der Waals surface area contributed by atoms with E-state index in [-0.39, 0.29) is 6.02 Å². The molecule has 0 radical (unpaired) electrons. The van der Waals surface area contributed by atoms with Gasteiger partial charge < -0.3 is 20.1 Å². The lowest BCUT2D eigenvalue weighted by atomic mass is 9.81. The van der Waals surface area contributed by atoms with E-state index in [0.29, 0.717) is 12.4 Å². The Morgan fingerprint density at radius 1 is 0.967 bits per heavy atom. The molecule has 2 aromatic heterocycles. The minimum absolute atomic E-state index is 0.195. The highest BCUT2D eigenvalue weighted by molar-refractivity contribution is 5.78. The van der Waals surface area contributed by atoms with Crippen molar-refractivity contribution in [3.63, 3.8) is 0 Å². The number of fused-ring (bicyclic) bond motifs is 4. The predicted molar refractivity (Wildman–Crippen MR) is 114 cm³/mol. The number of anilines is 1. The normalized spacial score (nSPS) is 21.6. The predicted octanol–water partition coefficient (Wildman–Crippen LogP) is 3.44. The van der Waals surface area contributed by atoms with E-state index in [0.717, 1.165) is 46.9 Å². The quantitative estimate of drug-likeness (QED) is 0.711. The van der Waals surface area contributed by atoms with Crippen molar-refractivity contribution >= 4 is 11.8 Å². The largest absolute Gasteiger partial charge is 0.462 e. The molecule has 1 fully saturated rings. The molecule has 3 aliphatic heterocycles. The van der Waals surface area contributed by atoms with Crippen LogP contribution in [0.2, 0.25) is 0 Å². The van der Waals surface area contributed by atoms with Gasteiger partial charge in [0.25, 0.3) is 6.02 Å². The van der Waals surface area contributed by atoms with Crippen molar-refractivity contribution in [3.05, 3.63) is 66.1 Å². The van der Waals surface area contributed by atoms with Gasteiger partial charge in [-0.2, -0.15) is 0 Å². The van der Waals surface area contributed by atoms with Crippen molar-refractivity contribution in [2.45, 2.75) is 18.4 Å². The molecule has 30 heavy (non-hydrogen) atoms. The summed E-state index contributed by atoms with van der Waals surface area (Å²) in [5, 5.41) is 0. The van der Waals surface area contributed by atoms with Crippen molar-refractivity contribution in [1.82, 2.24) is 9.97 Å². The third-order valence-electron chi connectivity index (χ3n) is 6.10. The Labute approximate surface area is 174 Å². The Bertz CT molecular complexity index is 1160. The summed E-state index contributed by atoms with van der Waals surface area (Å²) in [6.07, 6.45) is 7.79. The summed E-state index contributed by atoms with van der Waals surface area (Å²) in [6, 6.07) is 12.4. The summed E-state index contributed by atoms with van der Waals surface area (Å²) in [5.41, 5.74) is 9.22. The molecular weight excluding hydrogens is 378 g/mol. The summed E-state index contributed by atoms with van der Waals surface area (Å²) in [4.78, 5) is 16.0. The zero-order chi connectivity index (χ0) is 20.1. The van der Waals surface area contributed by atoms with Gasteiger partial charge in [-0.3, -0.25) is 4.98 Å². The molecule has 1 aromatic carbocycles. The third kappa shape index (κ3) is 2.55. The van der Waals surface area contributed by atoms with Gasteiger partial charge in [-0.25, -0.2) is 9.98 Å². The molecule has 7 heteroatoms. The molecule has 2 N–H and O–H groups in total. The van der Waals surface area contributed by atoms with E-state index < -0.39 is 5.54 Å². The van der Waals surface area contributed by atoms with Crippen molar-refractivity contribution in [3.8, 4) is 22.6 Å². The van der Waals surface area contributed by atoms with Gasteiger partial charge in [0.05, 0.1) is 6.20 Å². The summed E-state index contributed by atoms with van der Waals surface area (Å²) in [5.74, 6) is 2.39. The third-order valence-corrected chi connectivity index (χ3v) is 6.10. The van der Waals surface area contributed by atoms with Gasteiger partial charge >= 0.3 is 0 Å². The minimum atomic E-state index is -0.747. The first kappa shape index (κ1) is 17.3. The molecule has 0 unspecified atom stereocenters. The molecule has 3 aliphatic rings. The lowest BCUT2D eigenvalue weighted by Crippen LogP contribution is -2.32. The highest BCUT2D eigenvalue weighted by Crippen LogP contribution is 2.52. The lowest BCUT2D eigenvalue weighted by molar-refractivity contribution is 0.264. The molecule has 0 aliphatic carbocycles. The number of aliphatic imine (C=N–C) groups is 1. The molecular formula is C23H21N5O2. The first-order chi connectivity index (χ1) is 14.7. The Hall–Kier alpha value is -3.61. The fourth-order valence-corrected chi connectivity index (χ4v) is 4.58. The van der Waals surface area contributed by atoms with Crippen LogP contribution in [0.25, 0.3) is 11.1 Å². The average Bonchev–Trinajstić information content (AvgIpc) is 3.45. The van der Waals surface area contributed by atoms with Crippen molar-refractivity contribution < 1.29 is 9.47 Å². The smallest absolute Gasteiger partial charge is 0.283 e. The molecule has 3 aromatic rings. The number of amidine groups is 1. The molecule has 5 heterocycles. The van der Waals surface area contributed by atoms with Gasteiger partial charge in [-0.15, -0.1) is 0 Å². The van der Waals surface area contributed by atoms with E-state index in [1.54, 1.807) is 12.4 Å². The van der Waals surface area contributed by atoms with E-state index in [4.69, 9.17) is 20.2 Å². The number of aromatic nitrogens is 2. The molecule has 6 rings (SSSR count). The first-order valence-corrected chi connectivity index (χ1v) is 10.2. The molecule has 0 amide bonds. The van der Waals surface area contributed by atoms with Crippen LogP contribution in [0.1, 0.15) is 24.0 Å². The molecule has 0 bridgehead atoms. The lowest BCUT2D eigenvalue weighted by Gasteiger charge is -2.34. The number of rotatable bonds is 2. The summed E-state index contributed by atoms with van der Waals surface area (Å²) in [6.45, 7) is 2.37. The second-order valence-electron chi connectivity index (χ2n) is 7.89. The second-order valence-corrected chi connectivity index (χ2v) is 7.89. The molecule has 150 valence electrons. The van der Waals surface area contributed by atoms with Gasteiger partial charge in [0.15, 0.2) is 11.3 Å². The number of nitrogens with two attached hydrogens (primary N) is 1. The number of hydrogen-bond acceptors (Lipinski definition) is 7. The Morgan fingerprint density at radius 2 is 1.83 bits per heavy atom. The fraction of sp³-hybridized carbons (Fsp3) is 0.261. The number of hydrogen-bond donors (Lipinski definition) is 1. The number of pyridine rings is 2. The van der Waals surface area contributed by atoms with Gasteiger partial charge in [-0.05, 0) is 42.7 Å². The van der Waals surface area contributed by atoms with E-state index in [1.165, 1.54) is 12.8 Å². The first-order valence-electron chi connectivity index (χ1n) is 10.2. The van der Waals surface area contributed by atoms with Crippen molar-refractivity contribution in [2.24, 2.45) is 10.7 Å². The van der Waals surface area contributed by atoms with Crippen LogP contribution in [0.4, 0.5) is 5.82 Å².